The molecule has 0 N–H and O–H groups in total. The van der Waals surface area contributed by atoms with Crippen molar-refractivity contribution >= 4 is 10.1 Å². The van der Waals surface area contributed by atoms with Crippen LogP contribution in [0.5, 0.6) is 0 Å². The van der Waals surface area contributed by atoms with Crippen LogP contribution >= 0.6 is 0 Å². The molecule has 1 rings (SSSR count). The van der Waals surface area contributed by atoms with Gasteiger partial charge in [-0.25, -0.2) is 0 Å². The van der Waals surface area contributed by atoms with Crippen LogP contribution in [0.1, 0.15) is 32.1 Å². The highest BCUT2D eigenvalue weighted by Crippen LogP contribution is 2.64. The largest absolute Gasteiger partial charge is 0.460 e. The van der Waals surface area contributed by atoms with Gasteiger partial charge in [0.1, 0.15) is 0 Å². The van der Waals surface area contributed by atoms with E-state index in [4.69, 9.17) is 0 Å². The molecule has 35 heavy (non-hydrogen) atoms. The fourth-order valence-corrected chi connectivity index (χ4v) is 3.82. The normalized spacial score (nSPS) is 19.2. The minimum Gasteiger partial charge on any atom is -0.262 e. The number of hydrogen-bond acceptors (Lipinski definition) is 3. The van der Waals surface area contributed by atoms with Gasteiger partial charge in [-0.3, -0.25) is 4.18 Å². The highest BCUT2D eigenvalue weighted by molar-refractivity contribution is 7.87. The van der Waals surface area contributed by atoms with Crippen LogP contribution < -0.4 is 0 Å². The van der Waals surface area contributed by atoms with Crippen molar-refractivity contribution < 1.29 is 87.2 Å². The summed E-state index contributed by atoms with van der Waals surface area (Å²) in [6.07, 6.45) is -10.4. The van der Waals surface area contributed by atoms with Crippen molar-refractivity contribution in [2.24, 2.45) is 0 Å². The SMILES string of the molecule is O=S(=O)(OC1CCCCC1)C(F)(F)C(F)(F)C(F)(F)C(F)(F)C(F)(F)C(F)(F)C(F)(F)C(F)(F)F. The number of alkyl halides is 17. The third-order valence-corrected chi connectivity index (χ3v) is 6.23. The molecule has 0 aliphatic heterocycles. The van der Waals surface area contributed by atoms with Crippen LogP contribution in [0.15, 0.2) is 0 Å². The molecule has 1 aliphatic rings. The second kappa shape index (κ2) is 8.64. The average Bonchev–Trinajstić information content (AvgIpc) is 2.66. The second-order valence-corrected chi connectivity index (χ2v) is 8.88. The number of halogens is 17. The Morgan fingerprint density at radius 1 is 0.486 bits per heavy atom. The monoisotopic (exact) mass is 582 g/mol. The van der Waals surface area contributed by atoms with E-state index in [0.717, 1.165) is 0 Å². The van der Waals surface area contributed by atoms with Crippen LogP contribution in [0, 0.1) is 0 Å². The molecule has 0 unspecified atom stereocenters. The second-order valence-electron chi connectivity index (χ2n) is 7.27. The van der Waals surface area contributed by atoms with E-state index < -0.39 is 76.0 Å². The lowest BCUT2D eigenvalue weighted by Crippen LogP contribution is -2.75. The molecule has 21 heteroatoms. The van der Waals surface area contributed by atoms with E-state index in [0.29, 0.717) is 6.42 Å². The molecule has 3 nitrogen and oxygen atoms in total. The molecule has 210 valence electrons. The zero-order valence-corrected chi connectivity index (χ0v) is 17.0. The smallest absolute Gasteiger partial charge is 0.262 e. The maximum Gasteiger partial charge on any atom is 0.460 e. The summed E-state index contributed by atoms with van der Waals surface area (Å²) in [4.78, 5) is 0. The van der Waals surface area contributed by atoms with Gasteiger partial charge in [-0.05, 0) is 12.8 Å². The molecule has 0 aromatic heterocycles. The lowest BCUT2D eigenvalue weighted by molar-refractivity contribution is -0.458. The van der Waals surface area contributed by atoms with Crippen molar-refractivity contribution in [2.45, 2.75) is 85.2 Å². The van der Waals surface area contributed by atoms with E-state index >= 15 is 0 Å². The lowest BCUT2D eigenvalue weighted by Gasteiger charge is -2.42. The predicted octanol–water partition coefficient (Wildman–Crippen LogP) is 6.63. The topological polar surface area (TPSA) is 43.4 Å². The highest BCUT2D eigenvalue weighted by Gasteiger charge is 2.96. The number of rotatable bonds is 9. The van der Waals surface area contributed by atoms with Crippen LogP contribution in [0.2, 0.25) is 0 Å². The van der Waals surface area contributed by atoms with Crippen molar-refractivity contribution in [1.29, 1.82) is 0 Å². The van der Waals surface area contributed by atoms with Crippen LogP contribution in [0.4, 0.5) is 74.6 Å². The summed E-state index contributed by atoms with van der Waals surface area (Å²) in [6.45, 7) is 0. The standard InChI is InChI=1S/C14H11F17O3S/c15-7(16,9(19,20)11(23,24)13(27,28)29)8(17,18)10(21,22)12(25,26)14(30,31)35(32,33)34-6-4-2-1-3-5-6/h6H,1-5H2. The molecule has 1 fully saturated rings. The first-order valence-electron chi connectivity index (χ1n) is 8.72. The van der Waals surface area contributed by atoms with Crippen LogP contribution in [0.3, 0.4) is 0 Å². The Hall–Kier alpha value is -1.28. The molecule has 0 radical (unpaired) electrons. The zero-order chi connectivity index (χ0) is 28.3. The molecule has 0 saturated heterocycles. The summed E-state index contributed by atoms with van der Waals surface area (Å²) in [5.41, 5.74) is 0. The van der Waals surface area contributed by atoms with Crippen molar-refractivity contribution in [2.75, 3.05) is 0 Å². The first-order chi connectivity index (χ1) is 15.1. The van der Waals surface area contributed by atoms with Crippen molar-refractivity contribution in [3.05, 3.63) is 0 Å². The van der Waals surface area contributed by atoms with Crippen molar-refractivity contribution in [1.82, 2.24) is 0 Å². The van der Waals surface area contributed by atoms with E-state index in [2.05, 4.69) is 4.18 Å². The Bertz CT molecular complexity index is 871. The first kappa shape index (κ1) is 31.7. The van der Waals surface area contributed by atoms with Crippen molar-refractivity contribution in [3.63, 3.8) is 0 Å². The Balaban J connectivity index is 3.59. The summed E-state index contributed by atoms with van der Waals surface area (Å²) in [6, 6.07) is 0. The first-order valence-corrected chi connectivity index (χ1v) is 10.1. The van der Waals surface area contributed by atoms with Gasteiger partial charge in [0.25, 0.3) is 0 Å². The molecule has 0 aromatic rings. The fourth-order valence-electron chi connectivity index (χ4n) is 2.71. The molecule has 0 bridgehead atoms. The molecule has 0 amide bonds. The minimum atomic E-state index is -8.84. The Kier molecular flexibility index (Phi) is 7.84. The molecular weight excluding hydrogens is 571 g/mol. The van der Waals surface area contributed by atoms with Gasteiger partial charge in [-0.15, -0.1) is 0 Å². The Morgan fingerprint density at radius 2 is 0.800 bits per heavy atom. The van der Waals surface area contributed by atoms with Gasteiger partial charge in [-0.2, -0.15) is 83.1 Å². The van der Waals surface area contributed by atoms with E-state index in [-0.39, 0.29) is 12.8 Å². The zero-order valence-electron chi connectivity index (χ0n) is 16.2. The minimum absolute atomic E-state index is 0.00506. The van der Waals surface area contributed by atoms with Crippen LogP contribution in [0.25, 0.3) is 0 Å². The lowest BCUT2D eigenvalue weighted by atomic mass is 9.91. The summed E-state index contributed by atoms with van der Waals surface area (Å²) in [5, 5.41) is -7.61. The maximum absolute atomic E-state index is 13.8. The van der Waals surface area contributed by atoms with Gasteiger partial charge in [0, 0.05) is 0 Å². The average molecular weight is 582 g/mol. The van der Waals surface area contributed by atoms with Gasteiger partial charge in [0.05, 0.1) is 6.10 Å². The van der Waals surface area contributed by atoms with Crippen molar-refractivity contribution in [3.8, 4) is 0 Å². The Labute approximate surface area is 183 Å². The molecule has 0 spiro atoms. The summed E-state index contributed by atoms with van der Waals surface area (Å²) in [5.74, 6) is -51.6. The van der Waals surface area contributed by atoms with Gasteiger partial charge in [0.15, 0.2) is 0 Å². The van der Waals surface area contributed by atoms with Gasteiger partial charge in [0.2, 0.25) is 0 Å². The van der Waals surface area contributed by atoms with E-state index in [1.54, 1.807) is 0 Å². The summed E-state index contributed by atoms with van der Waals surface area (Å²) < 4.78 is 250. The van der Waals surface area contributed by atoms with Crippen LogP contribution in [-0.4, -0.2) is 61.5 Å². The van der Waals surface area contributed by atoms with Crippen LogP contribution in [-0.2, 0) is 14.3 Å². The maximum atomic E-state index is 13.8. The number of hydrogen-bond donors (Lipinski definition) is 0. The van der Waals surface area contributed by atoms with E-state index in [1.807, 2.05) is 0 Å². The predicted molar refractivity (Wildman–Crippen MR) is 77.6 cm³/mol. The van der Waals surface area contributed by atoms with E-state index in [9.17, 15) is 83.1 Å². The quantitative estimate of drug-likeness (QED) is 0.227. The fraction of sp³-hybridized carbons (Fsp3) is 1.00. The Morgan fingerprint density at radius 3 is 1.14 bits per heavy atom. The van der Waals surface area contributed by atoms with Gasteiger partial charge >= 0.3 is 57.1 Å². The van der Waals surface area contributed by atoms with Gasteiger partial charge in [-0.1, -0.05) is 19.3 Å². The molecule has 0 heterocycles. The molecule has 1 saturated carbocycles. The summed E-state index contributed by atoms with van der Waals surface area (Å²) in [7, 11) is -7.45. The highest BCUT2D eigenvalue weighted by atomic mass is 32.2. The van der Waals surface area contributed by atoms with E-state index in [1.165, 1.54) is 0 Å². The molecule has 0 atom stereocenters. The molecule has 0 aromatic carbocycles. The third-order valence-electron chi connectivity index (χ3n) is 4.82. The van der Waals surface area contributed by atoms with Gasteiger partial charge < -0.3 is 0 Å². The molecule has 1 aliphatic carbocycles. The summed E-state index contributed by atoms with van der Waals surface area (Å²) >= 11 is 0. The third kappa shape index (κ3) is 4.41. The molecular formula is C14H11F17O3S.